The Morgan fingerprint density at radius 3 is 2.75 bits per heavy atom. The smallest absolute Gasteiger partial charge is 0.326 e. The summed E-state index contributed by atoms with van der Waals surface area (Å²) in [5, 5.41) is 10.6. The van der Waals surface area contributed by atoms with Crippen LogP contribution in [0.5, 0.6) is 0 Å². The maximum absolute atomic E-state index is 13.1. The molecule has 0 bridgehead atoms. The van der Waals surface area contributed by atoms with Gasteiger partial charge in [-0.3, -0.25) is 4.79 Å². The van der Waals surface area contributed by atoms with Crippen LogP contribution in [0, 0.1) is 25.7 Å². The minimum absolute atomic E-state index is 0.0814. The van der Waals surface area contributed by atoms with Crippen LogP contribution in [0.2, 0.25) is 0 Å². The fourth-order valence-corrected chi connectivity index (χ4v) is 4.55. The highest BCUT2D eigenvalue weighted by atomic mass is 16.4. The summed E-state index contributed by atoms with van der Waals surface area (Å²) < 4.78 is 5.87. The maximum Gasteiger partial charge on any atom is 0.326 e. The molecular formula is C19H21NO4. The van der Waals surface area contributed by atoms with Gasteiger partial charge >= 0.3 is 5.97 Å². The first-order valence-electron chi connectivity index (χ1n) is 8.51. The van der Waals surface area contributed by atoms with Crippen LogP contribution in [0.15, 0.2) is 22.6 Å². The number of amides is 1. The van der Waals surface area contributed by atoms with Gasteiger partial charge in [-0.2, -0.15) is 0 Å². The SMILES string of the molecule is Cc1c(C(=O)N2CC3CCCC3C2C(=O)O)oc2c(C)cccc12. The van der Waals surface area contributed by atoms with Gasteiger partial charge in [-0.15, -0.1) is 0 Å². The van der Waals surface area contributed by atoms with Gasteiger partial charge in [-0.25, -0.2) is 4.79 Å². The molecule has 3 atom stereocenters. The minimum atomic E-state index is -0.900. The Kier molecular flexibility index (Phi) is 3.41. The third-order valence-corrected chi connectivity index (χ3v) is 5.76. The average Bonchev–Trinajstić information content (AvgIpc) is 3.20. The molecule has 2 aliphatic rings. The number of hydrogen-bond donors (Lipinski definition) is 1. The summed E-state index contributed by atoms with van der Waals surface area (Å²) in [6.07, 6.45) is 2.96. The summed E-state index contributed by atoms with van der Waals surface area (Å²) in [6.45, 7) is 4.33. The number of furan rings is 1. The predicted octanol–water partition coefficient (Wildman–Crippen LogP) is 3.37. The van der Waals surface area contributed by atoms with E-state index >= 15 is 0 Å². The summed E-state index contributed by atoms with van der Waals surface area (Å²) in [5.74, 6) is -0.516. The summed E-state index contributed by atoms with van der Waals surface area (Å²) in [6, 6.07) is 5.10. The number of benzene rings is 1. The molecule has 1 aromatic carbocycles. The Hall–Kier alpha value is -2.30. The molecule has 2 fully saturated rings. The fraction of sp³-hybridized carbons (Fsp3) is 0.474. The van der Waals surface area contributed by atoms with E-state index in [-0.39, 0.29) is 17.6 Å². The van der Waals surface area contributed by atoms with Gasteiger partial charge < -0.3 is 14.4 Å². The van der Waals surface area contributed by atoms with Crippen LogP contribution in [0.3, 0.4) is 0 Å². The van der Waals surface area contributed by atoms with Gasteiger partial charge in [0.2, 0.25) is 0 Å². The zero-order valence-corrected chi connectivity index (χ0v) is 13.9. The van der Waals surface area contributed by atoms with Crippen LogP contribution in [-0.4, -0.2) is 34.5 Å². The lowest BCUT2D eigenvalue weighted by Crippen LogP contribution is -2.43. The largest absolute Gasteiger partial charge is 0.480 e. The Morgan fingerprint density at radius 1 is 1.25 bits per heavy atom. The molecule has 1 amide bonds. The number of carbonyl (C=O) groups is 2. The molecule has 1 saturated heterocycles. The molecule has 126 valence electrons. The highest BCUT2D eigenvalue weighted by Gasteiger charge is 2.50. The number of hydrogen-bond acceptors (Lipinski definition) is 3. The van der Waals surface area contributed by atoms with Crippen molar-refractivity contribution in [1.29, 1.82) is 0 Å². The molecule has 2 aromatic rings. The predicted molar refractivity (Wildman–Crippen MR) is 89.0 cm³/mol. The summed E-state index contributed by atoms with van der Waals surface area (Å²) in [5.41, 5.74) is 2.48. The Balaban J connectivity index is 1.75. The first-order valence-corrected chi connectivity index (χ1v) is 8.51. The highest BCUT2D eigenvalue weighted by molar-refractivity contribution is 6.01. The number of likely N-dealkylation sites (tertiary alicyclic amines) is 1. The number of fused-ring (bicyclic) bond motifs is 2. The molecule has 1 N–H and O–H groups in total. The van der Waals surface area contributed by atoms with E-state index in [0.29, 0.717) is 18.0 Å². The molecule has 5 nitrogen and oxygen atoms in total. The van der Waals surface area contributed by atoms with E-state index in [2.05, 4.69) is 0 Å². The summed E-state index contributed by atoms with van der Waals surface area (Å²) >= 11 is 0. The van der Waals surface area contributed by atoms with Gasteiger partial charge in [0.1, 0.15) is 11.6 Å². The molecule has 5 heteroatoms. The lowest BCUT2D eigenvalue weighted by atomic mass is 9.94. The van der Waals surface area contributed by atoms with Crippen LogP contribution < -0.4 is 0 Å². The van der Waals surface area contributed by atoms with Gasteiger partial charge in [-0.1, -0.05) is 24.6 Å². The van der Waals surface area contributed by atoms with Crippen molar-refractivity contribution in [3.63, 3.8) is 0 Å². The maximum atomic E-state index is 13.1. The fourth-order valence-electron chi connectivity index (χ4n) is 4.55. The molecule has 1 saturated carbocycles. The Labute approximate surface area is 140 Å². The van der Waals surface area contributed by atoms with E-state index in [4.69, 9.17) is 4.42 Å². The first kappa shape index (κ1) is 15.2. The Morgan fingerprint density at radius 2 is 2.04 bits per heavy atom. The lowest BCUT2D eigenvalue weighted by molar-refractivity contribution is -0.142. The van der Waals surface area contributed by atoms with Crippen molar-refractivity contribution in [2.45, 2.75) is 39.2 Å². The second-order valence-corrected chi connectivity index (χ2v) is 7.10. The summed E-state index contributed by atoms with van der Waals surface area (Å²) in [4.78, 5) is 26.4. The zero-order valence-electron chi connectivity index (χ0n) is 13.9. The van der Waals surface area contributed by atoms with E-state index in [1.807, 2.05) is 32.0 Å². The Bertz CT molecular complexity index is 837. The third kappa shape index (κ3) is 2.07. The normalized spacial score (nSPS) is 26.1. The van der Waals surface area contributed by atoms with E-state index in [1.54, 1.807) is 0 Å². The van der Waals surface area contributed by atoms with E-state index in [1.165, 1.54) is 4.90 Å². The quantitative estimate of drug-likeness (QED) is 0.918. The van der Waals surface area contributed by atoms with Gasteiger partial charge in [0.25, 0.3) is 5.91 Å². The highest BCUT2D eigenvalue weighted by Crippen LogP contribution is 2.43. The van der Waals surface area contributed by atoms with Crippen LogP contribution in [0.4, 0.5) is 0 Å². The second-order valence-electron chi connectivity index (χ2n) is 7.10. The molecule has 4 rings (SSSR count). The number of carboxylic acids is 1. The van der Waals surface area contributed by atoms with E-state index in [0.717, 1.165) is 35.8 Å². The summed E-state index contributed by atoms with van der Waals surface area (Å²) in [7, 11) is 0. The number of carboxylic acid groups (broad SMARTS) is 1. The molecule has 24 heavy (non-hydrogen) atoms. The topological polar surface area (TPSA) is 70.8 Å². The zero-order chi connectivity index (χ0) is 17.0. The molecule has 0 radical (unpaired) electrons. The minimum Gasteiger partial charge on any atom is -0.480 e. The molecule has 1 aliphatic carbocycles. The van der Waals surface area contributed by atoms with Crippen molar-refractivity contribution in [3.8, 4) is 0 Å². The molecule has 1 aliphatic heterocycles. The van der Waals surface area contributed by atoms with Gasteiger partial charge in [0, 0.05) is 17.5 Å². The number of carbonyl (C=O) groups excluding carboxylic acids is 1. The lowest BCUT2D eigenvalue weighted by Gasteiger charge is -2.23. The molecule has 0 spiro atoms. The number of rotatable bonds is 2. The van der Waals surface area contributed by atoms with Gasteiger partial charge in [0.05, 0.1) is 0 Å². The van der Waals surface area contributed by atoms with Crippen LogP contribution in [-0.2, 0) is 4.79 Å². The van der Waals surface area contributed by atoms with Crippen molar-refractivity contribution < 1.29 is 19.1 Å². The van der Waals surface area contributed by atoms with Crippen LogP contribution >= 0.6 is 0 Å². The number of aliphatic carboxylic acids is 1. The molecular weight excluding hydrogens is 306 g/mol. The van der Waals surface area contributed by atoms with Crippen molar-refractivity contribution in [1.82, 2.24) is 4.90 Å². The monoisotopic (exact) mass is 327 g/mol. The molecule has 3 unspecified atom stereocenters. The molecule has 2 heterocycles. The standard InChI is InChI=1S/C19H21NO4/c1-10-5-3-7-13-11(2)17(24-16(10)13)18(21)20-9-12-6-4-8-14(12)15(20)19(22)23/h3,5,7,12,14-15H,4,6,8-9H2,1-2H3,(H,22,23). The number of para-hydroxylation sites is 1. The van der Waals surface area contributed by atoms with E-state index in [9.17, 15) is 14.7 Å². The van der Waals surface area contributed by atoms with Gasteiger partial charge in [-0.05, 0) is 44.1 Å². The first-order chi connectivity index (χ1) is 11.5. The second kappa shape index (κ2) is 5.36. The number of nitrogens with zero attached hydrogens (tertiary/aromatic N) is 1. The number of aryl methyl sites for hydroxylation is 2. The average molecular weight is 327 g/mol. The van der Waals surface area contributed by atoms with Crippen molar-refractivity contribution in [3.05, 3.63) is 35.1 Å². The van der Waals surface area contributed by atoms with E-state index < -0.39 is 12.0 Å². The van der Waals surface area contributed by atoms with Crippen molar-refractivity contribution in [2.75, 3.05) is 6.54 Å². The van der Waals surface area contributed by atoms with Crippen LogP contribution in [0.25, 0.3) is 11.0 Å². The molecule has 1 aromatic heterocycles. The third-order valence-electron chi connectivity index (χ3n) is 5.76. The van der Waals surface area contributed by atoms with Crippen molar-refractivity contribution >= 4 is 22.8 Å². The van der Waals surface area contributed by atoms with Crippen molar-refractivity contribution in [2.24, 2.45) is 11.8 Å². The van der Waals surface area contributed by atoms with Gasteiger partial charge in [0.15, 0.2) is 5.76 Å². The van der Waals surface area contributed by atoms with Crippen LogP contribution in [0.1, 0.15) is 40.9 Å².